The lowest BCUT2D eigenvalue weighted by Crippen LogP contribution is -2.51. The summed E-state index contributed by atoms with van der Waals surface area (Å²) in [6.07, 6.45) is 31.5. The average molecular weight is 623 g/mol. The van der Waals surface area contributed by atoms with Gasteiger partial charge in [-0.3, -0.25) is 9.59 Å². The molecule has 254 valence electrons. The molecule has 3 saturated carbocycles. The Morgan fingerprint density at radius 1 is 0.867 bits per heavy atom. The van der Waals surface area contributed by atoms with Crippen molar-refractivity contribution in [1.82, 2.24) is 0 Å². The van der Waals surface area contributed by atoms with E-state index in [1.165, 1.54) is 57.8 Å². The van der Waals surface area contributed by atoms with Crippen molar-refractivity contribution in [2.75, 3.05) is 0 Å². The molecule has 0 aliphatic heterocycles. The zero-order chi connectivity index (χ0) is 32.5. The summed E-state index contributed by atoms with van der Waals surface area (Å²) in [5.74, 6) is 4.38. The Balaban J connectivity index is 1.18. The molecule has 0 saturated heterocycles. The van der Waals surface area contributed by atoms with E-state index in [-0.39, 0.29) is 18.5 Å². The van der Waals surface area contributed by atoms with Crippen molar-refractivity contribution in [3.8, 4) is 0 Å². The van der Waals surface area contributed by atoms with Crippen molar-refractivity contribution in [3.63, 3.8) is 0 Å². The van der Waals surface area contributed by atoms with Crippen molar-refractivity contribution >= 4 is 11.9 Å². The van der Waals surface area contributed by atoms with Gasteiger partial charge in [0.15, 0.2) is 0 Å². The second-order valence-electron chi connectivity index (χ2n) is 16.3. The Morgan fingerprint density at radius 3 is 2.24 bits per heavy atom. The molecule has 3 fully saturated rings. The minimum absolute atomic E-state index is 0.0245. The predicted octanol–water partition coefficient (Wildman–Crippen LogP) is 11.3. The van der Waals surface area contributed by atoms with Gasteiger partial charge in [0.05, 0.1) is 0 Å². The van der Waals surface area contributed by atoms with Crippen LogP contribution in [0, 0.1) is 46.3 Å². The van der Waals surface area contributed by atoms with Gasteiger partial charge in [-0.2, -0.15) is 0 Å². The Bertz CT molecular complexity index is 1050. The van der Waals surface area contributed by atoms with Gasteiger partial charge >= 0.3 is 11.9 Å². The van der Waals surface area contributed by atoms with Crippen LogP contribution in [0.3, 0.4) is 0 Å². The van der Waals surface area contributed by atoms with Crippen molar-refractivity contribution < 1.29 is 19.4 Å². The number of carbonyl (C=O) groups excluding carboxylic acids is 1. The summed E-state index contributed by atoms with van der Waals surface area (Å²) in [4.78, 5) is 23.2. The minimum atomic E-state index is -0.724. The highest BCUT2D eigenvalue weighted by molar-refractivity contribution is 5.69. The second kappa shape index (κ2) is 16.8. The predicted molar refractivity (Wildman–Crippen MR) is 186 cm³/mol. The fraction of sp³-hybridized carbons (Fsp3) is 0.805. The van der Waals surface area contributed by atoms with E-state index in [1.807, 2.05) is 0 Å². The molecule has 0 heterocycles. The first kappa shape index (κ1) is 36.0. The van der Waals surface area contributed by atoms with Crippen molar-refractivity contribution in [2.45, 2.75) is 163 Å². The third kappa shape index (κ3) is 9.38. The number of unbranched alkanes of at least 4 members (excludes halogenated alkanes) is 3. The van der Waals surface area contributed by atoms with Gasteiger partial charge in [-0.05, 0) is 130 Å². The number of hydrogen-bond acceptors (Lipinski definition) is 3. The molecular formula is C41H66O4. The van der Waals surface area contributed by atoms with Crippen molar-refractivity contribution in [2.24, 2.45) is 46.3 Å². The Labute approximate surface area is 275 Å². The summed E-state index contributed by atoms with van der Waals surface area (Å²) < 4.78 is 6.05. The van der Waals surface area contributed by atoms with Crippen LogP contribution in [0.15, 0.2) is 36.0 Å². The molecule has 0 aromatic carbocycles. The van der Waals surface area contributed by atoms with Crippen LogP contribution in [-0.2, 0) is 14.3 Å². The number of carboxylic acids is 1. The van der Waals surface area contributed by atoms with Crippen LogP contribution in [0.2, 0.25) is 0 Å². The number of carboxylic acid groups (broad SMARTS) is 1. The molecule has 4 aliphatic rings. The largest absolute Gasteiger partial charge is 0.481 e. The van der Waals surface area contributed by atoms with E-state index in [0.29, 0.717) is 23.7 Å². The van der Waals surface area contributed by atoms with Gasteiger partial charge in [0, 0.05) is 19.3 Å². The molecule has 4 aliphatic carbocycles. The summed E-state index contributed by atoms with van der Waals surface area (Å²) in [5, 5.41) is 8.67. The van der Waals surface area contributed by atoms with Gasteiger partial charge < -0.3 is 9.84 Å². The van der Waals surface area contributed by atoms with Gasteiger partial charge in [-0.1, -0.05) is 89.8 Å². The van der Waals surface area contributed by atoms with Crippen molar-refractivity contribution in [3.05, 3.63) is 36.0 Å². The standard InChI is InChI=1S/C41H66O4/c1-30(2)17-16-18-31(3)35-23-24-36-34-22-21-32-29-33(25-27-40(32,4)37(34)26-28-41(35,36)5)45-39(44)20-15-13-11-9-7-6-8-10-12-14-19-38(42)43/h8-11,21,30-31,33-37H,6-7,12-20,22-29H2,1-5H3,(H,42,43)/b10-8-,11-9-/t31-,33+,34+,35-,36+,37+,40+,41-/m1/s1. The smallest absolute Gasteiger partial charge is 0.306 e. The van der Waals surface area contributed by atoms with E-state index >= 15 is 0 Å². The van der Waals surface area contributed by atoms with E-state index in [9.17, 15) is 9.59 Å². The van der Waals surface area contributed by atoms with Crippen LogP contribution < -0.4 is 0 Å². The molecular weight excluding hydrogens is 556 g/mol. The lowest BCUT2D eigenvalue weighted by atomic mass is 9.47. The molecule has 45 heavy (non-hydrogen) atoms. The average Bonchev–Trinajstić information content (AvgIpc) is 3.35. The molecule has 4 rings (SSSR count). The molecule has 0 bridgehead atoms. The van der Waals surface area contributed by atoms with Crippen LogP contribution in [0.25, 0.3) is 0 Å². The molecule has 0 amide bonds. The van der Waals surface area contributed by atoms with Gasteiger partial charge in [-0.15, -0.1) is 0 Å². The number of ether oxygens (including phenoxy) is 1. The number of carbonyl (C=O) groups is 2. The first-order chi connectivity index (χ1) is 21.5. The summed E-state index contributed by atoms with van der Waals surface area (Å²) >= 11 is 0. The second-order valence-corrected chi connectivity index (χ2v) is 16.3. The lowest BCUT2D eigenvalue weighted by molar-refractivity contribution is -0.151. The van der Waals surface area contributed by atoms with E-state index in [2.05, 4.69) is 65.0 Å². The first-order valence-corrected chi connectivity index (χ1v) is 19.0. The molecule has 0 aromatic heterocycles. The molecule has 1 N–H and O–H groups in total. The Morgan fingerprint density at radius 2 is 1.56 bits per heavy atom. The number of fused-ring (bicyclic) bond motifs is 5. The highest BCUT2D eigenvalue weighted by Gasteiger charge is 2.59. The Hall–Kier alpha value is -1.84. The number of esters is 1. The van der Waals surface area contributed by atoms with E-state index < -0.39 is 5.97 Å². The van der Waals surface area contributed by atoms with Crippen LogP contribution >= 0.6 is 0 Å². The summed E-state index contributed by atoms with van der Waals surface area (Å²) in [7, 11) is 0. The fourth-order valence-electron chi connectivity index (χ4n) is 10.4. The first-order valence-electron chi connectivity index (χ1n) is 19.0. The van der Waals surface area contributed by atoms with Gasteiger partial charge in [-0.25, -0.2) is 0 Å². The molecule has 4 heteroatoms. The zero-order valence-corrected chi connectivity index (χ0v) is 29.5. The number of allylic oxidation sites excluding steroid dienone is 5. The summed E-state index contributed by atoms with van der Waals surface area (Å²) in [6.45, 7) is 12.6. The number of rotatable bonds is 17. The Kier molecular flexibility index (Phi) is 13.5. The fourth-order valence-corrected chi connectivity index (χ4v) is 10.4. The molecule has 0 aromatic rings. The van der Waals surface area contributed by atoms with E-state index in [1.54, 1.807) is 5.57 Å². The topological polar surface area (TPSA) is 63.6 Å². The molecule has 0 spiro atoms. The van der Waals surface area contributed by atoms with Gasteiger partial charge in [0.25, 0.3) is 0 Å². The molecule has 8 atom stereocenters. The highest BCUT2D eigenvalue weighted by Crippen LogP contribution is 2.67. The zero-order valence-electron chi connectivity index (χ0n) is 29.5. The maximum Gasteiger partial charge on any atom is 0.306 e. The highest BCUT2D eigenvalue weighted by atomic mass is 16.5. The van der Waals surface area contributed by atoms with Gasteiger partial charge in [0.1, 0.15) is 6.10 Å². The molecule has 0 unspecified atom stereocenters. The maximum atomic E-state index is 12.7. The number of aliphatic carboxylic acids is 1. The normalized spacial score (nSPS) is 33.6. The molecule has 4 nitrogen and oxygen atoms in total. The van der Waals surface area contributed by atoms with Gasteiger partial charge in [0.2, 0.25) is 0 Å². The third-order valence-corrected chi connectivity index (χ3v) is 12.9. The van der Waals surface area contributed by atoms with E-state index in [0.717, 1.165) is 80.5 Å². The van der Waals surface area contributed by atoms with Crippen LogP contribution in [0.5, 0.6) is 0 Å². The quantitative estimate of drug-likeness (QED) is 0.0995. The van der Waals surface area contributed by atoms with Crippen LogP contribution in [0.1, 0.15) is 157 Å². The summed E-state index contributed by atoms with van der Waals surface area (Å²) in [6, 6.07) is 0. The SMILES string of the molecule is CC(C)CCC[C@@H](C)[C@H]1CC[C@H]2[C@@H]3CC=C4C[C@@H](OC(=O)CCC/C=C\CC/C=C\CCCC(=O)O)CC[C@]4(C)[C@H]3CC[C@]12C. The number of hydrogen-bond donors (Lipinski definition) is 1. The summed E-state index contributed by atoms with van der Waals surface area (Å²) in [5.41, 5.74) is 2.43. The minimum Gasteiger partial charge on any atom is -0.481 e. The van der Waals surface area contributed by atoms with Crippen LogP contribution in [-0.4, -0.2) is 23.1 Å². The monoisotopic (exact) mass is 622 g/mol. The van der Waals surface area contributed by atoms with E-state index in [4.69, 9.17) is 9.84 Å². The third-order valence-electron chi connectivity index (χ3n) is 12.9. The van der Waals surface area contributed by atoms with Crippen LogP contribution in [0.4, 0.5) is 0 Å². The maximum absolute atomic E-state index is 12.7. The molecule has 0 radical (unpaired) electrons. The van der Waals surface area contributed by atoms with Crippen molar-refractivity contribution in [1.29, 1.82) is 0 Å². The lowest BCUT2D eigenvalue weighted by Gasteiger charge is -2.58.